The topological polar surface area (TPSA) is 81.1 Å². The van der Waals surface area contributed by atoms with Crippen LogP contribution in [0.25, 0.3) is 5.69 Å². The Bertz CT molecular complexity index is 739. The zero-order chi connectivity index (χ0) is 16.2. The number of rotatable bonds is 6. The highest BCUT2D eigenvalue weighted by Gasteiger charge is 2.27. The summed E-state index contributed by atoms with van der Waals surface area (Å²) in [5, 5.41) is 1.59. The summed E-state index contributed by atoms with van der Waals surface area (Å²) in [5.74, 6) is -0.507. The van der Waals surface area contributed by atoms with E-state index in [0.717, 1.165) is 5.69 Å². The monoisotopic (exact) mass is 321 g/mol. The van der Waals surface area contributed by atoms with Crippen LogP contribution in [0.5, 0.6) is 0 Å². The minimum atomic E-state index is -3.41. The van der Waals surface area contributed by atoms with E-state index in [1.807, 2.05) is 6.07 Å². The van der Waals surface area contributed by atoms with Crippen LogP contribution in [0.15, 0.2) is 43.0 Å². The van der Waals surface area contributed by atoms with Crippen molar-refractivity contribution in [1.29, 1.82) is 0 Å². The van der Waals surface area contributed by atoms with E-state index in [4.69, 9.17) is 0 Å². The van der Waals surface area contributed by atoms with Crippen LogP contribution in [0.1, 0.15) is 20.3 Å². The Balaban J connectivity index is 2.14. The van der Waals surface area contributed by atoms with Crippen LogP contribution in [-0.2, 0) is 14.6 Å². The molecule has 118 valence electrons. The average Bonchev–Trinajstić information content (AvgIpc) is 3.01. The summed E-state index contributed by atoms with van der Waals surface area (Å²) in [6, 6.07) is 7.14. The molecule has 0 aliphatic rings. The molecular weight excluding hydrogens is 302 g/mol. The third kappa shape index (κ3) is 3.73. The average molecular weight is 321 g/mol. The summed E-state index contributed by atoms with van der Waals surface area (Å²) in [6.07, 6.45) is 5.59. The van der Waals surface area contributed by atoms with Gasteiger partial charge in [0.25, 0.3) is 0 Å². The summed E-state index contributed by atoms with van der Waals surface area (Å²) in [5.41, 5.74) is 1.38. The fourth-order valence-electron chi connectivity index (χ4n) is 2.02. The lowest BCUT2D eigenvalue weighted by Crippen LogP contribution is -2.34. The van der Waals surface area contributed by atoms with Crippen LogP contribution in [0.2, 0.25) is 0 Å². The zero-order valence-electron chi connectivity index (χ0n) is 12.6. The van der Waals surface area contributed by atoms with Crippen LogP contribution in [0, 0.1) is 0 Å². The second kappa shape index (κ2) is 6.74. The van der Waals surface area contributed by atoms with Crippen molar-refractivity contribution in [1.82, 2.24) is 9.55 Å². The van der Waals surface area contributed by atoms with E-state index < -0.39 is 21.0 Å². The summed E-state index contributed by atoms with van der Waals surface area (Å²) in [7, 11) is -3.41. The first kappa shape index (κ1) is 16.2. The highest BCUT2D eigenvalue weighted by Crippen LogP contribution is 2.16. The van der Waals surface area contributed by atoms with Gasteiger partial charge in [-0.3, -0.25) is 4.79 Å². The molecule has 1 amide bonds. The third-order valence-corrected chi connectivity index (χ3v) is 5.58. The third-order valence-electron chi connectivity index (χ3n) is 3.31. The smallest absolute Gasteiger partial charge is 0.242 e. The van der Waals surface area contributed by atoms with Crippen molar-refractivity contribution in [3.05, 3.63) is 43.0 Å². The summed E-state index contributed by atoms with van der Waals surface area (Å²) in [4.78, 5) is 16.1. The second-order valence-electron chi connectivity index (χ2n) is 5.02. The molecule has 0 saturated carbocycles. The number of imidazole rings is 1. The molecule has 0 saturated heterocycles. The molecule has 1 N–H and O–H groups in total. The van der Waals surface area contributed by atoms with E-state index in [2.05, 4.69) is 10.3 Å². The maximum absolute atomic E-state index is 12.1. The Morgan fingerprint density at radius 2 is 2.18 bits per heavy atom. The fraction of sp³-hybridized carbons (Fsp3) is 0.333. The van der Waals surface area contributed by atoms with Crippen LogP contribution < -0.4 is 5.32 Å². The molecule has 2 rings (SSSR count). The van der Waals surface area contributed by atoms with Gasteiger partial charge in [-0.05, 0) is 31.5 Å². The molecular formula is C15H19N3O3S. The molecule has 7 heteroatoms. The van der Waals surface area contributed by atoms with Crippen molar-refractivity contribution >= 4 is 21.4 Å². The standard InChI is InChI=1S/C15H19N3O3S/c1-3-9-22(20,21)12(2)15(19)17-13-5-4-6-14(10-13)18-8-7-16-11-18/h4-8,10-12H,3,9H2,1-2H3,(H,17,19)/t12-/m1/s1. The van der Waals surface area contributed by atoms with Crippen molar-refractivity contribution in [3.8, 4) is 5.69 Å². The van der Waals surface area contributed by atoms with Crippen LogP contribution in [-0.4, -0.2) is 34.9 Å². The SMILES string of the molecule is CCCS(=O)(=O)[C@H](C)C(=O)Nc1cccc(-n2ccnc2)c1. The molecule has 1 heterocycles. The maximum atomic E-state index is 12.1. The first-order valence-electron chi connectivity index (χ1n) is 7.05. The van der Waals surface area contributed by atoms with Gasteiger partial charge in [0.15, 0.2) is 9.84 Å². The predicted molar refractivity (Wildman–Crippen MR) is 85.7 cm³/mol. The predicted octanol–water partition coefficient (Wildman–Crippen LogP) is 2.02. The zero-order valence-corrected chi connectivity index (χ0v) is 13.4. The number of nitrogens with one attached hydrogen (secondary N) is 1. The fourth-order valence-corrected chi connectivity index (χ4v) is 3.33. The number of aromatic nitrogens is 2. The van der Waals surface area contributed by atoms with Crippen molar-refractivity contribution < 1.29 is 13.2 Å². The van der Waals surface area contributed by atoms with Gasteiger partial charge in [-0.25, -0.2) is 13.4 Å². The first-order chi connectivity index (χ1) is 10.4. The van der Waals surface area contributed by atoms with E-state index in [1.165, 1.54) is 6.92 Å². The van der Waals surface area contributed by atoms with E-state index in [9.17, 15) is 13.2 Å². The molecule has 0 aliphatic heterocycles. The molecule has 6 nitrogen and oxygen atoms in total. The van der Waals surface area contributed by atoms with Gasteiger partial charge in [0, 0.05) is 23.8 Å². The van der Waals surface area contributed by atoms with E-state index >= 15 is 0 Å². The lowest BCUT2D eigenvalue weighted by molar-refractivity contribution is -0.115. The van der Waals surface area contributed by atoms with E-state index in [0.29, 0.717) is 12.1 Å². The Hall–Kier alpha value is -2.15. The maximum Gasteiger partial charge on any atom is 0.242 e. The Morgan fingerprint density at radius 1 is 1.41 bits per heavy atom. The number of hydrogen-bond donors (Lipinski definition) is 1. The highest BCUT2D eigenvalue weighted by atomic mass is 32.2. The molecule has 0 radical (unpaired) electrons. The molecule has 1 aromatic heterocycles. The van der Waals surface area contributed by atoms with Crippen LogP contribution >= 0.6 is 0 Å². The molecule has 0 bridgehead atoms. The number of nitrogens with zero attached hydrogens (tertiary/aromatic N) is 2. The van der Waals surface area contributed by atoms with Gasteiger partial charge in [-0.15, -0.1) is 0 Å². The summed E-state index contributed by atoms with van der Waals surface area (Å²) < 4.78 is 25.7. The van der Waals surface area contributed by atoms with Crippen molar-refractivity contribution in [2.45, 2.75) is 25.5 Å². The van der Waals surface area contributed by atoms with Crippen LogP contribution in [0.3, 0.4) is 0 Å². The second-order valence-corrected chi connectivity index (χ2v) is 7.46. The van der Waals surface area contributed by atoms with Gasteiger partial charge in [-0.1, -0.05) is 13.0 Å². The summed E-state index contributed by atoms with van der Waals surface area (Å²) in [6.45, 7) is 3.19. The van der Waals surface area contributed by atoms with Crippen molar-refractivity contribution in [2.75, 3.05) is 11.1 Å². The lowest BCUT2D eigenvalue weighted by Gasteiger charge is -2.13. The molecule has 1 atom stereocenters. The minimum Gasteiger partial charge on any atom is -0.325 e. The van der Waals surface area contributed by atoms with Gasteiger partial charge in [0.05, 0.1) is 12.1 Å². The summed E-state index contributed by atoms with van der Waals surface area (Å²) >= 11 is 0. The highest BCUT2D eigenvalue weighted by molar-refractivity contribution is 7.92. The molecule has 0 aliphatic carbocycles. The quantitative estimate of drug-likeness (QED) is 0.882. The number of hydrogen-bond acceptors (Lipinski definition) is 4. The van der Waals surface area contributed by atoms with E-state index in [1.54, 1.807) is 48.4 Å². The van der Waals surface area contributed by atoms with Crippen molar-refractivity contribution in [3.63, 3.8) is 0 Å². The molecule has 1 aromatic carbocycles. The van der Waals surface area contributed by atoms with Crippen molar-refractivity contribution in [2.24, 2.45) is 0 Å². The largest absolute Gasteiger partial charge is 0.325 e. The number of amides is 1. The van der Waals surface area contributed by atoms with E-state index in [-0.39, 0.29) is 5.75 Å². The van der Waals surface area contributed by atoms with Gasteiger partial charge >= 0.3 is 0 Å². The number of carbonyl (C=O) groups excluding carboxylic acids is 1. The van der Waals surface area contributed by atoms with Gasteiger partial charge in [0.2, 0.25) is 5.91 Å². The van der Waals surface area contributed by atoms with Gasteiger partial charge in [0.1, 0.15) is 5.25 Å². The molecule has 2 aromatic rings. The molecule has 0 fully saturated rings. The Labute approximate surface area is 130 Å². The molecule has 22 heavy (non-hydrogen) atoms. The van der Waals surface area contributed by atoms with Gasteiger partial charge < -0.3 is 9.88 Å². The lowest BCUT2D eigenvalue weighted by atomic mass is 10.2. The number of benzene rings is 1. The normalized spacial score (nSPS) is 12.8. The first-order valence-corrected chi connectivity index (χ1v) is 8.76. The van der Waals surface area contributed by atoms with Crippen LogP contribution in [0.4, 0.5) is 5.69 Å². The number of sulfone groups is 1. The minimum absolute atomic E-state index is 0.0106. The molecule has 0 spiro atoms. The Kier molecular flexibility index (Phi) is 4.97. The molecule has 0 unspecified atom stereocenters. The number of carbonyl (C=O) groups is 1. The van der Waals surface area contributed by atoms with Gasteiger partial charge in [-0.2, -0.15) is 0 Å². The Morgan fingerprint density at radius 3 is 2.82 bits per heavy atom. The number of anilines is 1.